The molecule has 146 valence electrons. The Morgan fingerprint density at radius 2 is 1.97 bits per heavy atom. The van der Waals surface area contributed by atoms with E-state index in [0.29, 0.717) is 27.8 Å². The predicted molar refractivity (Wildman–Crippen MR) is 110 cm³/mol. The Hall–Kier alpha value is -3.70. The van der Waals surface area contributed by atoms with E-state index >= 15 is 0 Å². The van der Waals surface area contributed by atoms with Gasteiger partial charge in [-0.1, -0.05) is 0 Å². The summed E-state index contributed by atoms with van der Waals surface area (Å²) < 4.78 is 21.3. The fraction of sp³-hybridized carbons (Fsp3) is 0.143. The van der Waals surface area contributed by atoms with Crippen molar-refractivity contribution in [2.24, 2.45) is 0 Å². The average molecular weight is 407 g/mol. The summed E-state index contributed by atoms with van der Waals surface area (Å²) in [4.78, 5) is 4.60. The van der Waals surface area contributed by atoms with E-state index in [1.807, 2.05) is 29.6 Å². The van der Waals surface area contributed by atoms with Crippen molar-refractivity contribution in [2.45, 2.75) is 0 Å². The summed E-state index contributed by atoms with van der Waals surface area (Å²) in [6.45, 7) is 0.226. The number of benzene rings is 2. The van der Waals surface area contributed by atoms with Gasteiger partial charge in [0.25, 0.3) is 0 Å². The standard InChI is InChI=1S/C21H17N3O4S/c1-25-17-6-4-15(8-19(17)26-2)23-10-14(9-22)21-24-16(11-29-21)13-3-5-18-20(7-13)28-12-27-18/h3-8,10-11,23H,12H2,1-2H3/b14-10-. The van der Waals surface area contributed by atoms with E-state index < -0.39 is 0 Å². The molecule has 8 heteroatoms. The second kappa shape index (κ2) is 8.12. The monoisotopic (exact) mass is 407 g/mol. The first-order chi connectivity index (χ1) is 14.2. The SMILES string of the molecule is COc1ccc(N/C=C(/C#N)c2nc(-c3ccc4c(c3)OCO4)cs2)cc1OC. The molecule has 0 aliphatic carbocycles. The summed E-state index contributed by atoms with van der Waals surface area (Å²) in [6.07, 6.45) is 1.63. The molecule has 0 amide bonds. The van der Waals surface area contributed by atoms with E-state index in [1.165, 1.54) is 11.3 Å². The Balaban J connectivity index is 1.55. The number of hydrogen-bond donors (Lipinski definition) is 1. The van der Waals surface area contributed by atoms with Crippen LogP contribution in [0.4, 0.5) is 5.69 Å². The number of fused-ring (bicyclic) bond motifs is 1. The van der Waals surface area contributed by atoms with Crippen LogP contribution in [0.3, 0.4) is 0 Å². The van der Waals surface area contributed by atoms with Gasteiger partial charge in [-0.3, -0.25) is 0 Å². The van der Waals surface area contributed by atoms with Gasteiger partial charge in [-0.05, 0) is 30.3 Å². The van der Waals surface area contributed by atoms with E-state index in [1.54, 1.807) is 32.6 Å². The number of ether oxygens (including phenoxy) is 4. The molecule has 1 N–H and O–H groups in total. The molecule has 0 saturated carbocycles. The molecule has 4 rings (SSSR count). The zero-order valence-corrected chi connectivity index (χ0v) is 16.6. The van der Waals surface area contributed by atoms with Crippen LogP contribution < -0.4 is 24.3 Å². The van der Waals surface area contributed by atoms with Gasteiger partial charge in [-0.15, -0.1) is 11.3 Å². The molecule has 0 saturated heterocycles. The summed E-state index contributed by atoms with van der Waals surface area (Å²) in [5.74, 6) is 2.66. The van der Waals surface area contributed by atoms with Crippen molar-refractivity contribution in [3.8, 4) is 40.3 Å². The number of allylic oxidation sites excluding steroid dienone is 1. The topological polar surface area (TPSA) is 85.6 Å². The van der Waals surface area contributed by atoms with Gasteiger partial charge >= 0.3 is 0 Å². The van der Waals surface area contributed by atoms with E-state index in [4.69, 9.17) is 18.9 Å². The molecule has 0 atom stereocenters. The molecule has 7 nitrogen and oxygen atoms in total. The van der Waals surface area contributed by atoms with Crippen molar-refractivity contribution in [3.05, 3.63) is 53.0 Å². The van der Waals surface area contributed by atoms with Crippen molar-refractivity contribution in [1.82, 2.24) is 4.98 Å². The fourth-order valence-corrected chi connectivity index (χ4v) is 3.60. The summed E-state index contributed by atoms with van der Waals surface area (Å²) in [5.41, 5.74) is 2.87. The number of thiazole rings is 1. The molecular weight excluding hydrogens is 390 g/mol. The number of rotatable bonds is 6. The Morgan fingerprint density at radius 3 is 2.76 bits per heavy atom. The number of nitrogens with zero attached hydrogens (tertiary/aromatic N) is 2. The van der Waals surface area contributed by atoms with Crippen LogP contribution in [0.5, 0.6) is 23.0 Å². The summed E-state index contributed by atoms with van der Waals surface area (Å²) in [5, 5.41) is 15.2. The number of hydrogen-bond acceptors (Lipinski definition) is 8. The molecule has 2 heterocycles. The summed E-state index contributed by atoms with van der Waals surface area (Å²) >= 11 is 1.40. The normalized spacial score (nSPS) is 12.4. The first-order valence-corrected chi connectivity index (χ1v) is 9.54. The van der Waals surface area contributed by atoms with Crippen molar-refractivity contribution in [1.29, 1.82) is 5.26 Å². The molecule has 1 aliphatic rings. The molecule has 1 aliphatic heterocycles. The highest BCUT2D eigenvalue weighted by atomic mass is 32.1. The van der Waals surface area contributed by atoms with Crippen LogP contribution in [0.15, 0.2) is 48.0 Å². The largest absolute Gasteiger partial charge is 0.493 e. The number of anilines is 1. The Morgan fingerprint density at radius 1 is 1.14 bits per heavy atom. The molecule has 3 aromatic rings. The lowest BCUT2D eigenvalue weighted by Gasteiger charge is -2.09. The zero-order chi connectivity index (χ0) is 20.2. The van der Waals surface area contributed by atoms with Crippen LogP contribution in [0.2, 0.25) is 0 Å². The maximum Gasteiger partial charge on any atom is 0.231 e. The van der Waals surface area contributed by atoms with E-state index in [0.717, 1.165) is 22.7 Å². The van der Waals surface area contributed by atoms with Gasteiger partial charge in [0.2, 0.25) is 6.79 Å². The molecule has 2 aromatic carbocycles. The van der Waals surface area contributed by atoms with Crippen LogP contribution in [-0.2, 0) is 0 Å². The molecular formula is C21H17N3O4S. The van der Waals surface area contributed by atoms with Gasteiger partial charge in [-0.25, -0.2) is 4.98 Å². The van der Waals surface area contributed by atoms with Crippen molar-refractivity contribution in [3.63, 3.8) is 0 Å². The zero-order valence-electron chi connectivity index (χ0n) is 15.8. The lowest BCUT2D eigenvalue weighted by Crippen LogP contribution is -1.94. The second-order valence-electron chi connectivity index (χ2n) is 5.99. The van der Waals surface area contributed by atoms with Gasteiger partial charge in [0.15, 0.2) is 23.0 Å². The smallest absolute Gasteiger partial charge is 0.231 e. The number of nitriles is 1. The Kier molecular flexibility index (Phi) is 5.22. The van der Waals surface area contributed by atoms with Gasteiger partial charge < -0.3 is 24.3 Å². The molecule has 0 fully saturated rings. The first-order valence-electron chi connectivity index (χ1n) is 8.66. The second-order valence-corrected chi connectivity index (χ2v) is 6.85. The minimum atomic E-state index is 0.226. The maximum absolute atomic E-state index is 9.57. The minimum Gasteiger partial charge on any atom is -0.493 e. The average Bonchev–Trinajstić information content (AvgIpc) is 3.43. The van der Waals surface area contributed by atoms with Gasteiger partial charge in [0, 0.05) is 28.9 Å². The molecule has 0 radical (unpaired) electrons. The minimum absolute atomic E-state index is 0.226. The molecule has 0 spiro atoms. The molecule has 1 aromatic heterocycles. The van der Waals surface area contributed by atoms with E-state index in [9.17, 15) is 5.26 Å². The lowest BCUT2D eigenvalue weighted by molar-refractivity contribution is 0.174. The van der Waals surface area contributed by atoms with E-state index in [-0.39, 0.29) is 6.79 Å². The highest BCUT2D eigenvalue weighted by Crippen LogP contribution is 2.36. The van der Waals surface area contributed by atoms with Gasteiger partial charge in [0.05, 0.1) is 19.9 Å². The van der Waals surface area contributed by atoms with Gasteiger partial charge in [-0.2, -0.15) is 5.26 Å². The third-order valence-electron chi connectivity index (χ3n) is 4.29. The Bertz CT molecular complexity index is 1120. The van der Waals surface area contributed by atoms with Crippen molar-refractivity contribution < 1.29 is 18.9 Å². The fourth-order valence-electron chi connectivity index (χ4n) is 2.81. The highest BCUT2D eigenvalue weighted by molar-refractivity contribution is 7.11. The highest BCUT2D eigenvalue weighted by Gasteiger charge is 2.16. The quantitative estimate of drug-likeness (QED) is 0.601. The van der Waals surface area contributed by atoms with Gasteiger partial charge in [0.1, 0.15) is 16.6 Å². The van der Waals surface area contributed by atoms with Crippen LogP contribution in [0, 0.1) is 11.3 Å². The predicted octanol–water partition coefficient (Wildman–Crippen LogP) is 4.53. The van der Waals surface area contributed by atoms with Crippen LogP contribution in [0.1, 0.15) is 5.01 Å². The summed E-state index contributed by atoms with van der Waals surface area (Å²) in [7, 11) is 3.16. The van der Waals surface area contributed by atoms with Crippen LogP contribution in [-0.4, -0.2) is 26.0 Å². The van der Waals surface area contributed by atoms with Crippen LogP contribution in [0.25, 0.3) is 16.8 Å². The lowest BCUT2D eigenvalue weighted by atomic mass is 10.1. The first kappa shape index (κ1) is 18.7. The van der Waals surface area contributed by atoms with Crippen molar-refractivity contribution >= 4 is 22.6 Å². The number of methoxy groups -OCH3 is 2. The molecule has 0 bridgehead atoms. The van der Waals surface area contributed by atoms with Crippen LogP contribution >= 0.6 is 11.3 Å². The summed E-state index contributed by atoms with van der Waals surface area (Å²) in [6, 6.07) is 13.3. The third-order valence-corrected chi connectivity index (χ3v) is 5.17. The van der Waals surface area contributed by atoms with Crippen molar-refractivity contribution in [2.75, 3.05) is 26.3 Å². The number of nitrogens with one attached hydrogen (secondary N) is 1. The third kappa shape index (κ3) is 3.81. The number of aromatic nitrogens is 1. The molecule has 29 heavy (non-hydrogen) atoms. The Labute approximate surface area is 171 Å². The maximum atomic E-state index is 9.57. The molecule has 0 unspecified atom stereocenters. The van der Waals surface area contributed by atoms with E-state index in [2.05, 4.69) is 16.4 Å².